The second-order valence-electron chi connectivity index (χ2n) is 10.9. The molecule has 186 valence electrons. The van der Waals surface area contributed by atoms with Gasteiger partial charge in [-0.05, 0) is 62.2 Å². The summed E-state index contributed by atoms with van der Waals surface area (Å²) < 4.78 is 0. The number of rotatable bonds is 2. The number of fused-ring (bicyclic) bond motifs is 3. The monoisotopic (exact) mass is 493 g/mol. The molecule has 9 atom stereocenters. The van der Waals surface area contributed by atoms with Gasteiger partial charge in [0.25, 0.3) is 5.91 Å². The number of nitrogens with two attached hydrogens (primary N) is 1. The van der Waals surface area contributed by atoms with E-state index in [1.54, 1.807) is 0 Å². The van der Waals surface area contributed by atoms with Crippen molar-refractivity contribution in [3.8, 4) is 0 Å². The molecule has 3 saturated carbocycles. The van der Waals surface area contributed by atoms with Crippen molar-refractivity contribution in [3.05, 3.63) is 22.7 Å². The summed E-state index contributed by atoms with van der Waals surface area (Å²) in [6.07, 6.45) is 4.98. The topological polar surface area (TPSA) is 158 Å². The fourth-order valence-electron chi connectivity index (χ4n) is 7.83. The van der Waals surface area contributed by atoms with Gasteiger partial charge in [0.1, 0.15) is 17.1 Å². The van der Waals surface area contributed by atoms with Crippen molar-refractivity contribution in [2.24, 2.45) is 41.2 Å². The first kappa shape index (κ1) is 23.8. The summed E-state index contributed by atoms with van der Waals surface area (Å²) in [6, 6.07) is 0. The average Bonchev–Trinajstić information content (AvgIpc) is 2.77. The zero-order valence-corrected chi connectivity index (χ0v) is 19.7. The molecule has 0 saturated heterocycles. The molecule has 0 bridgehead atoms. The standard InChI is InChI=1S/C25H32ClNO7/c26-15-4-2-1-3-13(15)12-5-6-16(28)19-14(12)8-10-7-11-9-17(29)20(24(27)33)23(32)25(11,34)22(31)18(10)21(19)30/h10-16,19,28,31-32,34H,1-9H2,(H2,27,33)/t10-,11+,12?,13?,14?,15?,16?,19?,25+/m1/s1. The molecule has 8 nitrogen and oxygen atoms in total. The fourth-order valence-corrected chi connectivity index (χ4v) is 8.30. The molecule has 1 amide bonds. The Morgan fingerprint density at radius 1 is 0.971 bits per heavy atom. The summed E-state index contributed by atoms with van der Waals surface area (Å²) in [5, 5.41) is 44.1. The minimum absolute atomic E-state index is 0.00418. The Morgan fingerprint density at radius 2 is 1.68 bits per heavy atom. The molecule has 0 aromatic heterocycles. The van der Waals surface area contributed by atoms with Gasteiger partial charge in [0.05, 0.1) is 12.0 Å². The molecule has 0 aromatic carbocycles. The lowest BCUT2D eigenvalue weighted by Gasteiger charge is -2.53. The molecule has 3 fully saturated rings. The van der Waals surface area contributed by atoms with E-state index in [4.69, 9.17) is 17.3 Å². The zero-order valence-electron chi connectivity index (χ0n) is 19.0. The molecule has 0 radical (unpaired) electrons. The summed E-state index contributed by atoms with van der Waals surface area (Å²) in [4.78, 5) is 38.0. The highest BCUT2D eigenvalue weighted by Gasteiger charge is 2.61. The lowest BCUT2D eigenvalue weighted by atomic mass is 9.52. The van der Waals surface area contributed by atoms with Crippen LogP contribution in [0.2, 0.25) is 0 Å². The third-order valence-corrected chi connectivity index (χ3v) is 9.91. The summed E-state index contributed by atoms with van der Waals surface area (Å²) in [5.41, 5.74) is 2.07. The van der Waals surface area contributed by atoms with Crippen molar-refractivity contribution >= 4 is 29.1 Å². The van der Waals surface area contributed by atoms with Gasteiger partial charge < -0.3 is 26.2 Å². The maximum atomic E-state index is 13.7. The van der Waals surface area contributed by atoms with Crippen LogP contribution in [0.5, 0.6) is 0 Å². The highest BCUT2D eigenvalue weighted by Crippen LogP contribution is 2.57. The quantitative estimate of drug-likeness (QED) is 0.291. The third kappa shape index (κ3) is 3.28. The van der Waals surface area contributed by atoms with Crippen LogP contribution in [0.1, 0.15) is 57.8 Å². The maximum Gasteiger partial charge on any atom is 0.255 e. The largest absolute Gasteiger partial charge is 0.508 e. The van der Waals surface area contributed by atoms with Crippen molar-refractivity contribution in [2.75, 3.05) is 0 Å². The zero-order chi connectivity index (χ0) is 24.5. The van der Waals surface area contributed by atoms with Crippen molar-refractivity contribution in [1.29, 1.82) is 0 Å². The van der Waals surface area contributed by atoms with Gasteiger partial charge in [-0.25, -0.2) is 0 Å². The van der Waals surface area contributed by atoms with Crippen molar-refractivity contribution in [1.82, 2.24) is 0 Å². The van der Waals surface area contributed by atoms with E-state index in [-0.39, 0.29) is 41.5 Å². The Labute approximate surface area is 202 Å². The minimum atomic E-state index is -2.42. The van der Waals surface area contributed by atoms with Crippen LogP contribution in [-0.4, -0.2) is 55.0 Å². The van der Waals surface area contributed by atoms with Crippen LogP contribution in [0.15, 0.2) is 22.7 Å². The van der Waals surface area contributed by atoms with Crippen LogP contribution in [0.4, 0.5) is 0 Å². The van der Waals surface area contributed by atoms with Crippen LogP contribution in [0, 0.1) is 35.5 Å². The highest BCUT2D eigenvalue weighted by atomic mass is 35.5. The second kappa shape index (κ2) is 8.35. The first-order chi connectivity index (χ1) is 16.1. The number of aliphatic hydroxyl groups is 4. The Balaban J connectivity index is 1.56. The average molecular weight is 494 g/mol. The Morgan fingerprint density at radius 3 is 2.35 bits per heavy atom. The SMILES string of the molecule is NC(=O)C1=C(O)[C@@]2(O)C(O)=C3C(=O)C4C(O)CCC(C5CCCCC5Cl)C4C[C@H]3C[C@H]2CC1=O. The van der Waals surface area contributed by atoms with E-state index in [1.807, 2.05) is 0 Å². The smallest absolute Gasteiger partial charge is 0.255 e. The number of hydrogen-bond donors (Lipinski definition) is 5. The molecular weight excluding hydrogens is 462 g/mol. The fraction of sp³-hybridized carbons (Fsp3) is 0.720. The Bertz CT molecular complexity index is 1010. The van der Waals surface area contributed by atoms with Gasteiger partial charge in [0.15, 0.2) is 17.2 Å². The van der Waals surface area contributed by atoms with Gasteiger partial charge in [0, 0.05) is 23.3 Å². The molecule has 5 rings (SSSR count). The van der Waals surface area contributed by atoms with E-state index in [1.165, 1.54) is 0 Å². The minimum Gasteiger partial charge on any atom is -0.508 e. The molecule has 0 aliphatic heterocycles. The number of halogens is 1. The van der Waals surface area contributed by atoms with Gasteiger partial charge in [-0.15, -0.1) is 11.6 Å². The molecule has 9 heteroatoms. The first-order valence-corrected chi connectivity index (χ1v) is 12.8. The van der Waals surface area contributed by atoms with E-state index < -0.39 is 64.0 Å². The van der Waals surface area contributed by atoms with Gasteiger partial charge in [-0.3, -0.25) is 14.4 Å². The predicted octanol–water partition coefficient (Wildman–Crippen LogP) is 2.21. The van der Waals surface area contributed by atoms with E-state index >= 15 is 0 Å². The molecular formula is C25H32ClNO7. The molecule has 6 N–H and O–H groups in total. The van der Waals surface area contributed by atoms with Gasteiger partial charge in [-0.2, -0.15) is 0 Å². The molecule has 6 unspecified atom stereocenters. The van der Waals surface area contributed by atoms with Crippen LogP contribution < -0.4 is 5.73 Å². The van der Waals surface area contributed by atoms with Crippen molar-refractivity contribution in [2.45, 2.75) is 74.9 Å². The summed E-state index contributed by atoms with van der Waals surface area (Å²) in [5.74, 6) is -5.68. The summed E-state index contributed by atoms with van der Waals surface area (Å²) in [7, 11) is 0. The second-order valence-corrected chi connectivity index (χ2v) is 11.5. The Kier molecular flexibility index (Phi) is 5.85. The number of primary amides is 1. The van der Waals surface area contributed by atoms with Crippen LogP contribution in [0.25, 0.3) is 0 Å². The Hall–Kier alpha value is -1.90. The number of carbonyl (C=O) groups is 3. The molecule has 5 aliphatic rings. The third-order valence-electron chi connectivity index (χ3n) is 9.37. The molecule has 34 heavy (non-hydrogen) atoms. The van der Waals surface area contributed by atoms with Crippen LogP contribution in [0.3, 0.4) is 0 Å². The first-order valence-electron chi connectivity index (χ1n) is 12.4. The number of ketones is 2. The molecule has 0 heterocycles. The number of allylic oxidation sites excluding steroid dienone is 1. The summed E-state index contributed by atoms with van der Waals surface area (Å²) >= 11 is 6.72. The number of alkyl halides is 1. The highest BCUT2D eigenvalue weighted by molar-refractivity contribution is 6.21. The number of amides is 1. The van der Waals surface area contributed by atoms with Crippen molar-refractivity contribution < 1.29 is 34.8 Å². The number of hydrogen-bond acceptors (Lipinski definition) is 7. The van der Waals surface area contributed by atoms with Crippen LogP contribution >= 0.6 is 11.6 Å². The van der Waals surface area contributed by atoms with Gasteiger partial charge in [-0.1, -0.05) is 12.8 Å². The molecule has 0 spiro atoms. The number of Topliss-reactive ketones (excluding diaryl/α,β-unsaturated/α-hetero) is 2. The lowest BCUT2D eigenvalue weighted by molar-refractivity contribution is -0.139. The van der Waals surface area contributed by atoms with E-state index in [2.05, 4.69) is 0 Å². The van der Waals surface area contributed by atoms with E-state index in [0.717, 1.165) is 32.1 Å². The number of aliphatic hydroxyl groups excluding tert-OH is 3. The molecule has 5 aliphatic carbocycles. The van der Waals surface area contributed by atoms with Gasteiger partial charge >= 0.3 is 0 Å². The lowest BCUT2D eigenvalue weighted by Crippen LogP contribution is -2.57. The van der Waals surface area contributed by atoms with Crippen molar-refractivity contribution in [3.63, 3.8) is 0 Å². The van der Waals surface area contributed by atoms with Crippen LogP contribution in [-0.2, 0) is 14.4 Å². The normalized spacial score (nSPS) is 44.9. The number of carbonyl (C=O) groups excluding carboxylic acids is 3. The van der Waals surface area contributed by atoms with Gasteiger partial charge in [0.2, 0.25) is 0 Å². The van der Waals surface area contributed by atoms with E-state index in [9.17, 15) is 34.8 Å². The predicted molar refractivity (Wildman–Crippen MR) is 122 cm³/mol. The molecule has 0 aromatic rings. The van der Waals surface area contributed by atoms with E-state index in [0.29, 0.717) is 12.8 Å². The maximum absolute atomic E-state index is 13.7. The summed E-state index contributed by atoms with van der Waals surface area (Å²) in [6.45, 7) is 0.